The number of H-pyrrole nitrogens is 1. The number of carbonyl (C=O) groups excluding carboxylic acids is 3. The van der Waals surface area contributed by atoms with Crippen LogP contribution < -0.4 is 10.6 Å². The van der Waals surface area contributed by atoms with E-state index in [4.69, 9.17) is 4.74 Å². The summed E-state index contributed by atoms with van der Waals surface area (Å²) in [6.07, 6.45) is 3.11. The summed E-state index contributed by atoms with van der Waals surface area (Å²) in [4.78, 5) is 45.7. The molecular formula is C37H42N4O4. The minimum atomic E-state index is -1.32. The van der Waals surface area contributed by atoms with Crippen molar-refractivity contribution in [2.75, 3.05) is 13.1 Å². The number of aromatic nitrogens is 1. The number of hydrogen-bond donors (Lipinski definition) is 3. The summed E-state index contributed by atoms with van der Waals surface area (Å²) in [6.45, 7) is 9.66. The van der Waals surface area contributed by atoms with E-state index in [0.29, 0.717) is 19.5 Å². The molecule has 0 saturated carbocycles. The van der Waals surface area contributed by atoms with E-state index in [1.54, 1.807) is 34.6 Å². The molecule has 1 unspecified atom stereocenters. The third-order valence-corrected chi connectivity index (χ3v) is 9.19. The van der Waals surface area contributed by atoms with E-state index in [1.807, 2.05) is 35.4 Å². The van der Waals surface area contributed by atoms with Crippen LogP contribution in [0.4, 0.5) is 4.79 Å². The van der Waals surface area contributed by atoms with Crippen LogP contribution in [0.1, 0.15) is 64.2 Å². The maximum absolute atomic E-state index is 14.3. The van der Waals surface area contributed by atoms with Crippen LogP contribution in [0.2, 0.25) is 0 Å². The highest BCUT2D eigenvalue weighted by atomic mass is 16.6. The van der Waals surface area contributed by atoms with Crippen LogP contribution in [0.15, 0.2) is 79.0 Å². The first-order valence-corrected chi connectivity index (χ1v) is 15.7. The van der Waals surface area contributed by atoms with E-state index in [2.05, 4.69) is 64.1 Å². The summed E-state index contributed by atoms with van der Waals surface area (Å²) < 4.78 is 5.39. The van der Waals surface area contributed by atoms with Crippen molar-refractivity contribution in [3.63, 3.8) is 0 Å². The first-order chi connectivity index (χ1) is 21.4. The van der Waals surface area contributed by atoms with Crippen LogP contribution in [-0.2, 0) is 26.2 Å². The number of nitrogens with zero attached hydrogens (tertiary/aromatic N) is 1. The zero-order valence-corrected chi connectivity index (χ0v) is 26.7. The molecule has 1 aromatic heterocycles. The molecule has 8 heteroatoms. The number of ether oxygens (including phenoxy) is 1. The molecule has 3 N–H and O–H groups in total. The van der Waals surface area contributed by atoms with Gasteiger partial charge in [-0.05, 0) is 81.3 Å². The zero-order chi connectivity index (χ0) is 32.0. The number of amides is 3. The Bertz CT molecular complexity index is 1710. The summed E-state index contributed by atoms with van der Waals surface area (Å²) in [5.41, 5.74) is 4.95. The van der Waals surface area contributed by atoms with Crippen molar-refractivity contribution in [2.24, 2.45) is 0 Å². The van der Waals surface area contributed by atoms with Crippen molar-refractivity contribution in [2.45, 2.75) is 76.5 Å². The van der Waals surface area contributed by atoms with Crippen molar-refractivity contribution in [1.82, 2.24) is 20.5 Å². The molecule has 1 spiro atoms. The Labute approximate surface area is 264 Å². The summed E-state index contributed by atoms with van der Waals surface area (Å²) in [5, 5.41) is 6.68. The standard InChI is InChI=1S/C37H42N4O4/c1-35(2,3)45-34(44)40-36(4,5)33(43)39-31(22-24-23-38-30-17-11-8-12-25(24)30)32(42)41-20-18-37(19-21-41)28-15-9-6-13-26(28)27-14-7-10-16-29(27)37/h6-17,23,31,38H,18-22H2,1-5H3,(H,39,43)(H,40,44). The van der Waals surface area contributed by atoms with Gasteiger partial charge < -0.3 is 25.3 Å². The molecule has 45 heavy (non-hydrogen) atoms. The number of aromatic amines is 1. The van der Waals surface area contributed by atoms with Gasteiger partial charge in [0.1, 0.15) is 17.2 Å². The molecular weight excluding hydrogens is 564 g/mol. The Morgan fingerprint density at radius 3 is 2.07 bits per heavy atom. The van der Waals surface area contributed by atoms with Gasteiger partial charge in [-0.15, -0.1) is 0 Å². The Balaban J connectivity index is 1.24. The molecule has 2 heterocycles. The summed E-state index contributed by atoms with van der Waals surface area (Å²) >= 11 is 0. The number of alkyl carbamates (subject to hydrolysis) is 1. The lowest BCUT2D eigenvalue weighted by Crippen LogP contribution is -2.60. The van der Waals surface area contributed by atoms with Gasteiger partial charge in [-0.25, -0.2) is 4.79 Å². The maximum atomic E-state index is 14.3. The minimum absolute atomic E-state index is 0.129. The van der Waals surface area contributed by atoms with Crippen molar-refractivity contribution in [3.8, 4) is 11.1 Å². The number of hydrogen-bond acceptors (Lipinski definition) is 4. The van der Waals surface area contributed by atoms with Crippen LogP contribution in [0.3, 0.4) is 0 Å². The van der Waals surface area contributed by atoms with Gasteiger partial charge in [0.2, 0.25) is 11.8 Å². The number of piperidine rings is 1. The number of carbonyl (C=O) groups is 3. The number of fused-ring (bicyclic) bond motifs is 6. The smallest absolute Gasteiger partial charge is 0.408 e. The van der Waals surface area contributed by atoms with Gasteiger partial charge >= 0.3 is 6.09 Å². The van der Waals surface area contributed by atoms with Crippen LogP contribution >= 0.6 is 0 Å². The van der Waals surface area contributed by atoms with Gasteiger partial charge in [-0.3, -0.25) is 9.59 Å². The third kappa shape index (κ3) is 5.81. The van der Waals surface area contributed by atoms with Crippen molar-refractivity contribution < 1.29 is 19.1 Å². The third-order valence-electron chi connectivity index (χ3n) is 9.19. The van der Waals surface area contributed by atoms with Crippen LogP contribution in [0.25, 0.3) is 22.0 Å². The van der Waals surface area contributed by atoms with E-state index in [-0.39, 0.29) is 11.3 Å². The predicted octanol–water partition coefficient (Wildman–Crippen LogP) is 6.09. The average molecular weight is 607 g/mol. The van der Waals surface area contributed by atoms with E-state index in [1.165, 1.54) is 22.3 Å². The molecule has 0 bridgehead atoms. The molecule has 1 atom stereocenters. The molecule has 1 aliphatic heterocycles. The predicted molar refractivity (Wildman–Crippen MR) is 176 cm³/mol. The Kier molecular flexibility index (Phi) is 7.71. The Morgan fingerprint density at radius 1 is 0.867 bits per heavy atom. The van der Waals surface area contributed by atoms with Gasteiger partial charge in [0, 0.05) is 42.0 Å². The fourth-order valence-corrected chi connectivity index (χ4v) is 6.96. The summed E-state index contributed by atoms with van der Waals surface area (Å²) in [6, 6.07) is 24.3. The SMILES string of the molecule is CC(C)(C)OC(=O)NC(C)(C)C(=O)NC(Cc1c[nH]c2ccccc12)C(=O)N1CCC2(CC1)c1ccccc1-c1ccccc12. The summed E-state index contributed by atoms with van der Waals surface area (Å²) in [7, 11) is 0. The Hall–Kier alpha value is -4.59. The average Bonchev–Trinajstić information content (AvgIpc) is 3.53. The lowest BCUT2D eigenvalue weighted by atomic mass is 9.71. The molecule has 0 radical (unpaired) electrons. The quantitative estimate of drug-likeness (QED) is 0.247. The first-order valence-electron chi connectivity index (χ1n) is 15.7. The van der Waals surface area contributed by atoms with Gasteiger partial charge in [-0.2, -0.15) is 0 Å². The molecule has 3 aromatic carbocycles. The molecule has 4 aromatic rings. The van der Waals surface area contributed by atoms with Crippen LogP contribution in [0, 0.1) is 0 Å². The number of rotatable bonds is 6. The second-order valence-electron chi connectivity index (χ2n) is 13.8. The highest BCUT2D eigenvalue weighted by molar-refractivity contribution is 5.94. The zero-order valence-electron chi connectivity index (χ0n) is 26.7. The van der Waals surface area contributed by atoms with E-state index in [0.717, 1.165) is 29.3 Å². The fourth-order valence-electron chi connectivity index (χ4n) is 6.96. The summed E-state index contributed by atoms with van der Waals surface area (Å²) in [5.74, 6) is -0.588. The molecule has 1 fully saturated rings. The largest absolute Gasteiger partial charge is 0.444 e. The van der Waals surface area contributed by atoms with E-state index >= 15 is 0 Å². The number of benzene rings is 3. The van der Waals surface area contributed by atoms with Crippen molar-refractivity contribution >= 4 is 28.8 Å². The topological polar surface area (TPSA) is 104 Å². The van der Waals surface area contributed by atoms with Gasteiger partial charge in [-0.1, -0.05) is 66.7 Å². The second kappa shape index (κ2) is 11.4. The molecule has 234 valence electrons. The maximum Gasteiger partial charge on any atom is 0.408 e. The van der Waals surface area contributed by atoms with Crippen molar-refractivity contribution in [3.05, 3.63) is 95.7 Å². The number of para-hydroxylation sites is 1. The van der Waals surface area contributed by atoms with Gasteiger partial charge in [0.25, 0.3) is 0 Å². The highest BCUT2D eigenvalue weighted by Gasteiger charge is 2.46. The Morgan fingerprint density at radius 2 is 1.44 bits per heavy atom. The normalized spacial score (nSPS) is 16.2. The van der Waals surface area contributed by atoms with Crippen LogP contribution in [-0.4, -0.2) is 58.1 Å². The lowest BCUT2D eigenvalue weighted by molar-refractivity contribution is -0.138. The molecule has 1 saturated heterocycles. The van der Waals surface area contributed by atoms with Crippen molar-refractivity contribution in [1.29, 1.82) is 0 Å². The molecule has 2 aliphatic rings. The number of nitrogens with one attached hydrogen (secondary N) is 3. The highest BCUT2D eigenvalue weighted by Crippen LogP contribution is 2.53. The van der Waals surface area contributed by atoms with Gasteiger partial charge in [0.05, 0.1) is 0 Å². The van der Waals surface area contributed by atoms with Gasteiger partial charge in [0.15, 0.2) is 0 Å². The number of likely N-dealkylation sites (tertiary alicyclic amines) is 1. The molecule has 3 amide bonds. The second-order valence-corrected chi connectivity index (χ2v) is 13.8. The molecule has 8 nitrogen and oxygen atoms in total. The minimum Gasteiger partial charge on any atom is -0.444 e. The first kappa shape index (κ1) is 30.4. The fraction of sp³-hybridized carbons (Fsp3) is 0.378. The van der Waals surface area contributed by atoms with E-state index in [9.17, 15) is 14.4 Å². The molecule has 1 aliphatic carbocycles. The van der Waals surface area contributed by atoms with E-state index < -0.39 is 29.2 Å². The van der Waals surface area contributed by atoms with Crippen LogP contribution in [0.5, 0.6) is 0 Å². The lowest BCUT2D eigenvalue weighted by Gasteiger charge is -2.42. The molecule has 6 rings (SSSR count). The monoisotopic (exact) mass is 606 g/mol.